The Balaban J connectivity index is 1.51. The van der Waals surface area contributed by atoms with Crippen LogP contribution in [0, 0.1) is 52.3 Å². The Kier molecular flexibility index (Phi) is 6.85. The fourth-order valence-corrected chi connectivity index (χ4v) is 9.01. The molecule has 9 atom stereocenters. The minimum absolute atomic E-state index is 0.453. The zero-order valence-electron chi connectivity index (χ0n) is 21.6. The number of hydrogen-bond acceptors (Lipinski definition) is 1. The second kappa shape index (κ2) is 9.00. The summed E-state index contributed by atoms with van der Waals surface area (Å²) in [6, 6.07) is 0. The van der Waals surface area contributed by atoms with Crippen LogP contribution in [0.1, 0.15) is 99.3 Å². The molecular formula is C30H50O. The molecule has 0 heterocycles. The summed E-state index contributed by atoms with van der Waals surface area (Å²) >= 11 is 0. The monoisotopic (exact) mass is 426 g/mol. The molecule has 0 bridgehead atoms. The third-order valence-corrected chi connectivity index (χ3v) is 11.1. The minimum atomic E-state index is 0.453. The maximum Gasteiger partial charge on any atom is 0.0608 e. The van der Waals surface area contributed by atoms with Crippen molar-refractivity contribution in [2.24, 2.45) is 52.3 Å². The van der Waals surface area contributed by atoms with Crippen LogP contribution in [0.15, 0.2) is 23.8 Å². The van der Waals surface area contributed by atoms with Crippen molar-refractivity contribution >= 4 is 0 Å². The van der Waals surface area contributed by atoms with Gasteiger partial charge in [0.2, 0.25) is 0 Å². The summed E-state index contributed by atoms with van der Waals surface area (Å²) in [7, 11) is 1.91. The lowest BCUT2D eigenvalue weighted by molar-refractivity contribution is -0.0572. The first-order valence-corrected chi connectivity index (χ1v) is 13.6. The van der Waals surface area contributed by atoms with Gasteiger partial charge >= 0.3 is 0 Å². The molecule has 3 saturated carbocycles. The molecule has 0 saturated heterocycles. The molecule has 0 radical (unpaired) electrons. The van der Waals surface area contributed by atoms with E-state index in [9.17, 15) is 0 Å². The van der Waals surface area contributed by atoms with Gasteiger partial charge in [0.05, 0.1) is 6.10 Å². The maximum absolute atomic E-state index is 5.76. The summed E-state index contributed by atoms with van der Waals surface area (Å²) < 4.78 is 5.76. The van der Waals surface area contributed by atoms with Crippen LogP contribution in [0.2, 0.25) is 0 Å². The van der Waals surface area contributed by atoms with Gasteiger partial charge in [0.1, 0.15) is 0 Å². The van der Waals surface area contributed by atoms with E-state index in [2.05, 4.69) is 59.8 Å². The van der Waals surface area contributed by atoms with Crippen LogP contribution in [-0.2, 0) is 4.74 Å². The third-order valence-electron chi connectivity index (χ3n) is 11.1. The molecule has 176 valence electrons. The first-order valence-electron chi connectivity index (χ1n) is 13.6. The molecular weight excluding hydrogens is 376 g/mol. The average molecular weight is 427 g/mol. The van der Waals surface area contributed by atoms with E-state index in [0.717, 1.165) is 41.4 Å². The van der Waals surface area contributed by atoms with Gasteiger partial charge in [-0.05, 0) is 110 Å². The van der Waals surface area contributed by atoms with Gasteiger partial charge in [-0.1, -0.05) is 65.3 Å². The number of ether oxygens (including phenoxy) is 1. The maximum atomic E-state index is 5.76. The molecule has 31 heavy (non-hydrogen) atoms. The van der Waals surface area contributed by atoms with Crippen LogP contribution in [0.4, 0.5) is 0 Å². The molecule has 1 heteroatoms. The molecule has 1 nitrogen and oxygen atoms in total. The Morgan fingerprint density at radius 1 is 1.03 bits per heavy atom. The van der Waals surface area contributed by atoms with Crippen molar-refractivity contribution in [3.8, 4) is 0 Å². The third kappa shape index (κ3) is 4.00. The van der Waals surface area contributed by atoms with Crippen molar-refractivity contribution in [1.29, 1.82) is 0 Å². The van der Waals surface area contributed by atoms with Gasteiger partial charge in [-0.3, -0.25) is 0 Å². The Morgan fingerprint density at radius 3 is 2.48 bits per heavy atom. The second-order valence-corrected chi connectivity index (χ2v) is 12.6. The van der Waals surface area contributed by atoms with Crippen molar-refractivity contribution in [2.45, 2.75) is 105 Å². The van der Waals surface area contributed by atoms with E-state index in [1.807, 2.05) is 7.11 Å². The molecule has 3 fully saturated rings. The first-order chi connectivity index (χ1) is 14.7. The molecule has 9 unspecified atom stereocenters. The summed E-state index contributed by atoms with van der Waals surface area (Å²) in [5.74, 6) is 5.88. The largest absolute Gasteiger partial charge is 0.381 e. The zero-order chi connectivity index (χ0) is 22.4. The van der Waals surface area contributed by atoms with Crippen LogP contribution < -0.4 is 0 Å². The predicted molar refractivity (Wildman–Crippen MR) is 133 cm³/mol. The molecule has 4 rings (SSSR count). The van der Waals surface area contributed by atoms with Crippen molar-refractivity contribution in [3.05, 3.63) is 23.8 Å². The zero-order valence-corrected chi connectivity index (χ0v) is 21.6. The average Bonchev–Trinajstić information content (AvgIpc) is 3.10. The molecule has 0 aliphatic heterocycles. The summed E-state index contributed by atoms with van der Waals surface area (Å²) in [6.07, 6.45) is 20.6. The summed E-state index contributed by atoms with van der Waals surface area (Å²) in [6.45, 7) is 14.9. The molecule has 0 spiro atoms. The Labute approximate surface area is 193 Å². The van der Waals surface area contributed by atoms with Crippen LogP contribution in [0.5, 0.6) is 0 Å². The normalized spacial score (nSPS) is 44.5. The fraction of sp³-hybridized carbons (Fsp3) is 0.867. The van der Waals surface area contributed by atoms with Crippen LogP contribution in [-0.4, -0.2) is 13.2 Å². The van der Waals surface area contributed by atoms with Gasteiger partial charge in [0, 0.05) is 7.11 Å². The molecule has 0 aromatic carbocycles. The van der Waals surface area contributed by atoms with Gasteiger partial charge in [-0.25, -0.2) is 0 Å². The van der Waals surface area contributed by atoms with Crippen LogP contribution in [0.3, 0.4) is 0 Å². The minimum Gasteiger partial charge on any atom is -0.381 e. The number of methoxy groups -OCH3 is 1. The van der Waals surface area contributed by atoms with Crippen LogP contribution in [0.25, 0.3) is 0 Å². The second-order valence-electron chi connectivity index (χ2n) is 12.6. The summed E-state index contributed by atoms with van der Waals surface area (Å²) in [4.78, 5) is 0. The lowest BCUT2D eigenvalue weighted by atomic mass is 9.47. The van der Waals surface area contributed by atoms with Gasteiger partial charge < -0.3 is 4.74 Å². The lowest BCUT2D eigenvalue weighted by Gasteiger charge is -2.58. The topological polar surface area (TPSA) is 9.23 Å². The SMILES string of the molecule is CCC(C=CC(C)C1CCC2C3CC=C4CC(OC)CCC4(C)C3CCC12C)C(C)C. The molecule has 0 N–H and O–H groups in total. The van der Waals surface area contributed by atoms with E-state index in [-0.39, 0.29) is 0 Å². The number of allylic oxidation sites excluding steroid dienone is 3. The first kappa shape index (κ1) is 23.6. The highest BCUT2D eigenvalue weighted by atomic mass is 16.5. The highest BCUT2D eigenvalue weighted by Gasteiger charge is 2.59. The van der Waals surface area contributed by atoms with Crippen molar-refractivity contribution in [3.63, 3.8) is 0 Å². The number of fused-ring (bicyclic) bond motifs is 5. The highest BCUT2D eigenvalue weighted by molar-refractivity contribution is 5.25. The van der Waals surface area contributed by atoms with E-state index in [4.69, 9.17) is 4.74 Å². The Bertz CT molecular complexity index is 689. The predicted octanol–water partition coefficient (Wildman–Crippen LogP) is 8.45. The molecule has 4 aliphatic carbocycles. The van der Waals surface area contributed by atoms with Crippen LogP contribution >= 0.6 is 0 Å². The fourth-order valence-electron chi connectivity index (χ4n) is 9.01. The quantitative estimate of drug-likeness (QED) is 0.387. The molecule has 0 aromatic heterocycles. The highest BCUT2D eigenvalue weighted by Crippen LogP contribution is 2.67. The van der Waals surface area contributed by atoms with Gasteiger partial charge in [-0.2, -0.15) is 0 Å². The summed E-state index contributed by atoms with van der Waals surface area (Å²) in [5, 5.41) is 0. The van der Waals surface area contributed by atoms with E-state index in [1.165, 1.54) is 57.8 Å². The molecule has 4 aliphatic rings. The van der Waals surface area contributed by atoms with E-state index >= 15 is 0 Å². The van der Waals surface area contributed by atoms with E-state index in [1.54, 1.807) is 5.57 Å². The van der Waals surface area contributed by atoms with E-state index < -0.39 is 0 Å². The number of rotatable bonds is 6. The van der Waals surface area contributed by atoms with Gasteiger partial charge in [0.15, 0.2) is 0 Å². The molecule has 0 aromatic rings. The number of hydrogen-bond donors (Lipinski definition) is 0. The van der Waals surface area contributed by atoms with Gasteiger partial charge in [-0.15, -0.1) is 0 Å². The van der Waals surface area contributed by atoms with Gasteiger partial charge in [0.25, 0.3) is 0 Å². The Hall–Kier alpha value is -0.560. The van der Waals surface area contributed by atoms with E-state index in [0.29, 0.717) is 16.9 Å². The van der Waals surface area contributed by atoms with Crippen molar-refractivity contribution in [1.82, 2.24) is 0 Å². The Morgan fingerprint density at radius 2 is 1.81 bits per heavy atom. The lowest BCUT2D eigenvalue weighted by Crippen LogP contribution is -2.50. The summed E-state index contributed by atoms with van der Waals surface area (Å²) in [5.41, 5.74) is 2.75. The van der Waals surface area contributed by atoms with Crippen molar-refractivity contribution < 1.29 is 4.74 Å². The standard InChI is InChI=1S/C30H50O/c1-8-22(20(2)3)10-9-21(4)26-13-14-27-25-12-11-23-19-24(31-7)15-17-29(23,5)28(25)16-18-30(26,27)6/h9-11,20-22,24-28H,8,12-19H2,1-7H3. The van der Waals surface area contributed by atoms with Crippen molar-refractivity contribution in [2.75, 3.05) is 7.11 Å². The molecule has 0 amide bonds. The smallest absolute Gasteiger partial charge is 0.0608 e.